The Hall–Kier alpha value is 0. The molecular weight excluding hydrogens is 204 g/mol. The molecule has 0 heteroatoms. The van der Waals surface area contributed by atoms with Gasteiger partial charge in [-0.15, -0.1) is 0 Å². The molecule has 17 heavy (non-hydrogen) atoms. The van der Waals surface area contributed by atoms with Crippen LogP contribution in [-0.4, -0.2) is 0 Å². The summed E-state index contributed by atoms with van der Waals surface area (Å²) in [6.45, 7) is 8.89. The van der Waals surface area contributed by atoms with Crippen molar-refractivity contribution in [2.75, 3.05) is 0 Å². The van der Waals surface area contributed by atoms with Crippen LogP contribution in [0.4, 0.5) is 0 Å². The third kappa shape index (κ3) is 5.02. The van der Waals surface area contributed by atoms with Crippen LogP contribution in [0.15, 0.2) is 0 Å². The zero-order chi connectivity index (χ0) is 12.7. The van der Waals surface area contributed by atoms with Crippen molar-refractivity contribution >= 4 is 0 Å². The van der Waals surface area contributed by atoms with Crippen LogP contribution >= 0.6 is 0 Å². The predicted octanol–water partition coefficient (Wildman–Crippen LogP) is 6.55. The maximum Gasteiger partial charge on any atom is 0 e. The Balaban J connectivity index is 0. The van der Waals surface area contributed by atoms with Crippen LogP contribution in [0.2, 0.25) is 0 Å². The standard InChI is InChI=1S/C15H28.C2H6.2H2/c1-12-4-3-5-14(9-6-12)15-10-7-13(2)8-11-15;1-2;;/h12-15H,3-11H2,1-2H3;1-2H3;2*1H. The molecule has 0 saturated heterocycles. The summed E-state index contributed by atoms with van der Waals surface area (Å²) in [6.07, 6.45) is 13.7. The van der Waals surface area contributed by atoms with Crippen LogP contribution in [-0.2, 0) is 0 Å². The zero-order valence-electron chi connectivity index (χ0n) is 12.7. The molecule has 2 unspecified atom stereocenters. The molecule has 0 aromatic rings. The normalized spacial score (nSPS) is 38.8. The van der Waals surface area contributed by atoms with E-state index in [0.29, 0.717) is 0 Å². The Morgan fingerprint density at radius 1 is 0.588 bits per heavy atom. The smallest absolute Gasteiger partial charge is 0 e. The van der Waals surface area contributed by atoms with Gasteiger partial charge in [0.15, 0.2) is 0 Å². The van der Waals surface area contributed by atoms with E-state index in [1.807, 2.05) is 13.8 Å². The quantitative estimate of drug-likeness (QED) is 0.457. The lowest BCUT2D eigenvalue weighted by Gasteiger charge is -2.32. The maximum atomic E-state index is 2.45. The molecule has 0 heterocycles. The van der Waals surface area contributed by atoms with Gasteiger partial charge in [-0.1, -0.05) is 66.2 Å². The van der Waals surface area contributed by atoms with E-state index in [2.05, 4.69) is 13.8 Å². The first-order chi connectivity index (χ1) is 8.25. The van der Waals surface area contributed by atoms with E-state index in [1.54, 1.807) is 25.7 Å². The van der Waals surface area contributed by atoms with E-state index in [-0.39, 0.29) is 2.85 Å². The summed E-state index contributed by atoms with van der Waals surface area (Å²) in [5, 5.41) is 0. The average Bonchev–Trinajstić information content (AvgIpc) is 2.58. The van der Waals surface area contributed by atoms with Gasteiger partial charge in [0.2, 0.25) is 0 Å². The first-order valence-corrected chi connectivity index (χ1v) is 8.25. The summed E-state index contributed by atoms with van der Waals surface area (Å²) in [6, 6.07) is 0. The first kappa shape index (κ1) is 15.1. The van der Waals surface area contributed by atoms with Crippen LogP contribution in [0, 0.1) is 23.7 Å². The van der Waals surface area contributed by atoms with Gasteiger partial charge in [-0.25, -0.2) is 0 Å². The summed E-state index contributed by atoms with van der Waals surface area (Å²) >= 11 is 0. The molecule has 106 valence electrons. The minimum absolute atomic E-state index is 0. The van der Waals surface area contributed by atoms with Crippen molar-refractivity contribution in [3.05, 3.63) is 0 Å². The van der Waals surface area contributed by atoms with Gasteiger partial charge in [-0.3, -0.25) is 0 Å². The van der Waals surface area contributed by atoms with Gasteiger partial charge >= 0.3 is 0 Å². The molecule has 0 N–H and O–H groups in total. The molecule has 2 saturated carbocycles. The second kappa shape index (κ2) is 8.16. The third-order valence-corrected chi connectivity index (χ3v) is 5.03. The topological polar surface area (TPSA) is 0 Å². The fourth-order valence-electron chi connectivity index (χ4n) is 3.74. The van der Waals surface area contributed by atoms with Crippen LogP contribution in [0.3, 0.4) is 0 Å². The van der Waals surface area contributed by atoms with Crippen LogP contribution in [0.1, 0.15) is 88.3 Å². The van der Waals surface area contributed by atoms with Crippen molar-refractivity contribution in [2.24, 2.45) is 23.7 Å². The molecule has 0 radical (unpaired) electrons. The summed E-state index contributed by atoms with van der Waals surface area (Å²) in [5.74, 6) is 4.23. The van der Waals surface area contributed by atoms with Crippen molar-refractivity contribution < 1.29 is 2.85 Å². The fourth-order valence-corrected chi connectivity index (χ4v) is 3.74. The Kier molecular flexibility index (Phi) is 7.23. The minimum atomic E-state index is 0. The SMILES string of the molecule is CC.CC1CCCC(C2CCC(C)CC2)CC1.[HH].[HH]. The number of rotatable bonds is 1. The van der Waals surface area contributed by atoms with Gasteiger partial charge < -0.3 is 0 Å². The Morgan fingerprint density at radius 2 is 1.00 bits per heavy atom. The van der Waals surface area contributed by atoms with E-state index in [9.17, 15) is 0 Å². The van der Waals surface area contributed by atoms with Gasteiger partial charge in [0.05, 0.1) is 0 Å². The highest BCUT2D eigenvalue weighted by atomic mass is 14.3. The van der Waals surface area contributed by atoms with Crippen molar-refractivity contribution in [3.8, 4) is 0 Å². The van der Waals surface area contributed by atoms with Crippen LogP contribution < -0.4 is 0 Å². The number of hydrogen-bond donors (Lipinski definition) is 0. The lowest BCUT2D eigenvalue weighted by molar-refractivity contribution is 0.195. The minimum Gasteiger partial charge on any atom is -0.0683 e. The van der Waals surface area contributed by atoms with Gasteiger partial charge in [0.25, 0.3) is 0 Å². The van der Waals surface area contributed by atoms with Crippen molar-refractivity contribution in [3.63, 3.8) is 0 Å². The molecule has 0 nitrogen and oxygen atoms in total. The highest BCUT2D eigenvalue weighted by molar-refractivity contribution is 4.79. The largest absolute Gasteiger partial charge is 0.0683 e. The predicted molar refractivity (Wildman–Crippen MR) is 82.4 cm³/mol. The first-order valence-electron chi connectivity index (χ1n) is 8.25. The van der Waals surface area contributed by atoms with Crippen molar-refractivity contribution in [2.45, 2.75) is 85.5 Å². The molecular formula is C17H38. The van der Waals surface area contributed by atoms with Gasteiger partial charge in [0, 0.05) is 2.85 Å². The molecule has 0 spiro atoms. The fraction of sp³-hybridized carbons (Fsp3) is 1.00. The molecule has 2 rings (SSSR count). The molecule has 2 fully saturated rings. The van der Waals surface area contributed by atoms with Crippen LogP contribution in [0.25, 0.3) is 0 Å². The number of hydrogen-bond acceptors (Lipinski definition) is 0. The van der Waals surface area contributed by atoms with Crippen LogP contribution in [0.5, 0.6) is 0 Å². The summed E-state index contributed by atoms with van der Waals surface area (Å²) in [5.41, 5.74) is 0. The van der Waals surface area contributed by atoms with Gasteiger partial charge in [-0.2, -0.15) is 0 Å². The van der Waals surface area contributed by atoms with Crippen molar-refractivity contribution in [1.29, 1.82) is 0 Å². The molecule has 0 aromatic carbocycles. The average molecular weight is 242 g/mol. The molecule has 0 amide bonds. The Labute approximate surface area is 113 Å². The van der Waals surface area contributed by atoms with Gasteiger partial charge in [0.1, 0.15) is 0 Å². The highest BCUT2D eigenvalue weighted by Gasteiger charge is 2.27. The lowest BCUT2D eigenvalue weighted by Crippen LogP contribution is -2.20. The summed E-state index contributed by atoms with van der Waals surface area (Å²) in [4.78, 5) is 0. The maximum absolute atomic E-state index is 2.45. The molecule has 0 aliphatic heterocycles. The van der Waals surface area contributed by atoms with E-state index < -0.39 is 0 Å². The highest BCUT2D eigenvalue weighted by Crippen LogP contribution is 2.39. The lowest BCUT2D eigenvalue weighted by atomic mass is 9.74. The summed E-state index contributed by atoms with van der Waals surface area (Å²) < 4.78 is 0. The van der Waals surface area contributed by atoms with E-state index in [1.165, 1.54) is 32.1 Å². The molecule has 0 bridgehead atoms. The van der Waals surface area contributed by atoms with Crippen molar-refractivity contribution in [1.82, 2.24) is 0 Å². The third-order valence-electron chi connectivity index (χ3n) is 5.03. The summed E-state index contributed by atoms with van der Waals surface area (Å²) in [7, 11) is 0. The Bertz CT molecular complexity index is 186. The second-order valence-electron chi connectivity index (χ2n) is 6.39. The van der Waals surface area contributed by atoms with E-state index in [0.717, 1.165) is 23.7 Å². The second-order valence-corrected chi connectivity index (χ2v) is 6.39. The zero-order valence-corrected chi connectivity index (χ0v) is 12.7. The molecule has 2 aliphatic carbocycles. The molecule has 0 aromatic heterocycles. The van der Waals surface area contributed by atoms with E-state index in [4.69, 9.17) is 0 Å². The van der Waals surface area contributed by atoms with E-state index >= 15 is 0 Å². The van der Waals surface area contributed by atoms with Gasteiger partial charge in [-0.05, 0) is 42.9 Å². The Morgan fingerprint density at radius 3 is 1.53 bits per heavy atom. The molecule has 2 atom stereocenters. The molecule has 2 aliphatic rings. The monoisotopic (exact) mass is 242 g/mol.